The molecule has 0 saturated carbocycles. The van der Waals surface area contributed by atoms with Crippen molar-refractivity contribution in [3.05, 3.63) is 60.2 Å². The molecule has 0 aliphatic carbocycles. The standard InChI is InChI=1S/C16H18N2/c1-12-11-16(18-13-7-3-2-4-8-13)14-9-5-6-10-15(14)17-12/h2-10,12,16-18H,11H2,1H3/t12-,16-/m1/s1. The number of nitrogens with one attached hydrogen (secondary N) is 2. The van der Waals surface area contributed by atoms with Crippen molar-refractivity contribution < 1.29 is 0 Å². The van der Waals surface area contributed by atoms with Crippen molar-refractivity contribution in [2.45, 2.75) is 25.4 Å². The van der Waals surface area contributed by atoms with Gasteiger partial charge in [-0.2, -0.15) is 0 Å². The molecule has 0 bridgehead atoms. The summed E-state index contributed by atoms with van der Waals surface area (Å²) in [5.41, 5.74) is 3.80. The summed E-state index contributed by atoms with van der Waals surface area (Å²) in [5.74, 6) is 0. The van der Waals surface area contributed by atoms with Gasteiger partial charge in [0.05, 0.1) is 6.04 Å². The van der Waals surface area contributed by atoms with E-state index >= 15 is 0 Å². The van der Waals surface area contributed by atoms with Crippen molar-refractivity contribution in [1.82, 2.24) is 0 Å². The molecule has 2 heteroatoms. The van der Waals surface area contributed by atoms with Gasteiger partial charge in [-0.1, -0.05) is 36.4 Å². The lowest BCUT2D eigenvalue weighted by atomic mass is 9.93. The van der Waals surface area contributed by atoms with E-state index in [1.165, 1.54) is 16.9 Å². The predicted molar refractivity (Wildman–Crippen MR) is 76.9 cm³/mol. The van der Waals surface area contributed by atoms with E-state index in [0.29, 0.717) is 12.1 Å². The summed E-state index contributed by atoms with van der Waals surface area (Å²) in [6.45, 7) is 2.23. The molecule has 92 valence electrons. The Morgan fingerprint density at radius 3 is 2.56 bits per heavy atom. The molecular formula is C16H18N2. The number of rotatable bonds is 2. The van der Waals surface area contributed by atoms with Crippen LogP contribution in [0.25, 0.3) is 0 Å². The molecule has 2 N–H and O–H groups in total. The lowest BCUT2D eigenvalue weighted by molar-refractivity contribution is 0.600. The highest BCUT2D eigenvalue weighted by Crippen LogP contribution is 2.34. The minimum Gasteiger partial charge on any atom is -0.382 e. The van der Waals surface area contributed by atoms with Crippen molar-refractivity contribution >= 4 is 11.4 Å². The van der Waals surface area contributed by atoms with Gasteiger partial charge in [0, 0.05) is 17.4 Å². The van der Waals surface area contributed by atoms with E-state index in [-0.39, 0.29) is 0 Å². The third-order valence-electron chi connectivity index (χ3n) is 3.44. The molecule has 0 radical (unpaired) electrons. The first-order valence-electron chi connectivity index (χ1n) is 6.50. The molecule has 1 heterocycles. The second-order valence-electron chi connectivity index (χ2n) is 4.93. The van der Waals surface area contributed by atoms with E-state index in [0.717, 1.165) is 6.42 Å². The lowest BCUT2D eigenvalue weighted by Gasteiger charge is -2.32. The van der Waals surface area contributed by atoms with Crippen LogP contribution in [-0.4, -0.2) is 6.04 Å². The minimum atomic E-state index is 0.389. The number of benzene rings is 2. The fourth-order valence-corrected chi connectivity index (χ4v) is 2.61. The zero-order chi connectivity index (χ0) is 12.4. The lowest BCUT2D eigenvalue weighted by Crippen LogP contribution is -2.28. The molecule has 0 unspecified atom stereocenters. The second kappa shape index (κ2) is 4.73. The van der Waals surface area contributed by atoms with Crippen LogP contribution in [0.15, 0.2) is 54.6 Å². The van der Waals surface area contributed by atoms with Crippen LogP contribution >= 0.6 is 0 Å². The quantitative estimate of drug-likeness (QED) is 0.825. The Morgan fingerprint density at radius 1 is 1.00 bits per heavy atom. The minimum absolute atomic E-state index is 0.389. The fourth-order valence-electron chi connectivity index (χ4n) is 2.61. The Hall–Kier alpha value is -1.96. The molecule has 2 nitrogen and oxygen atoms in total. The molecule has 2 aromatic carbocycles. The number of para-hydroxylation sites is 2. The number of hydrogen-bond donors (Lipinski definition) is 2. The zero-order valence-corrected chi connectivity index (χ0v) is 10.6. The van der Waals surface area contributed by atoms with Gasteiger partial charge in [0.1, 0.15) is 0 Å². The molecule has 2 atom stereocenters. The van der Waals surface area contributed by atoms with Gasteiger partial charge in [-0.15, -0.1) is 0 Å². The first kappa shape index (κ1) is 11.1. The van der Waals surface area contributed by atoms with Crippen molar-refractivity contribution in [3.8, 4) is 0 Å². The van der Waals surface area contributed by atoms with Gasteiger partial charge in [0.2, 0.25) is 0 Å². The molecule has 0 saturated heterocycles. The Balaban J connectivity index is 1.89. The Labute approximate surface area is 108 Å². The van der Waals surface area contributed by atoms with Crippen LogP contribution in [0, 0.1) is 0 Å². The molecule has 0 fully saturated rings. The van der Waals surface area contributed by atoms with Gasteiger partial charge in [0.25, 0.3) is 0 Å². The molecule has 3 rings (SSSR count). The van der Waals surface area contributed by atoms with E-state index in [2.05, 4.69) is 66.1 Å². The largest absolute Gasteiger partial charge is 0.382 e. The third-order valence-corrected chi connectivity index (χ3v) is 3.44. The third kappa shape index (κ3) is 2.19. The van der Waals surface area contributed by atoms with Crippen molar-refractivity contribution in [2.24, 2.45) is 0 Å². The molecule has 2 aromatic rings. The topological polar surface area (TPSA) is 24.1 Å². The highest BCUT2D eigenvalue weighted by Gasteiger charge is 2.23. The van der Waals surface area contributed by atoms with Crippen molar-refractivity contribution in [2.75, 3.05) is 10.6 Å². The fraction of sp³-hybridized carbons (Fsp3) is 0.250. The smallest absolute Gasteiger partial charge is 0.0553 e. The normalized spacial score (nSPS) is 21.8. The number of fused-ring (bicyclic) bond motifs is 1. The Morgan fingerprint density at radius 2 is 1.72 bits per heavy atom. The highest BCUT2D eigenvalue weighted by molar-refractivity contribution is 5.58. The van der Waals surface area contributed by atoms with Crippen LogP contribution in [0.4, 0.5) is 11.4 Å². The Kier molecular flexibility index (Phi) is 2.93. The molecule has 0 aromatic heterocycles. The van der Waals surface area contributed by atoms with Crippen LogP contribution in [0.3, 0.4) is 0 Å². The zero-order valence-electron chi connectivity index (χ0n) is 10.6. The molecule has 1 aliphatic rings. The van der Waals surface area contributed by atoms with E-state index in [1.807, 2.05) is 6.07 Å². The average Bonchev–Trinajstić information content (AvgIpc) is 2.40. The van der Waals surface area contributed by atoms with E-state index in [9.17, 15) is 0 Å². The molecule has 0 amide bonds. The predicted octanol–water partition coefficient (Wildman–Crippen LogP) is 4.04. The summed E-state index contributed by atoms with van der Waals surface area (Å²) >= 11 is 0. The first-order chi connectivity index (χ1) is 8.83. The van der Waals surface area contributed by atoms with Gasteiger partial charge < -0.3 is 10.6 Å². The van der Waals surface area contributed by atoms with Gasteiger partial charge in [-0.25, -0.2) is 0 Å². The molecule has 1 aliphatic heterocycles. The van der Waals surface area contributed by atoms with Crippen LogP contribution in [-0.2, 0) is 0 Å². The summed E-state index contributed by atoms with van der Waals surface area (Å²) in [5, 5.41) is 7.16. The molecular weight excluding hydrogens is 220 g/mol. The van der Waals surface area contributed by atoms with E-state index < -0.39 is 0 Å². The Bertz CT molecular complexity index is 522. The van der Waals surface area contributed by atoms with Crippen LogP contribution < -0.4 is 10.6 Å². The van der Waals surface area contributed by atoms with Crippen LogP contribution in [0.2, 0.25) is 0 Å². The summed E-state index contributed by atoms with van der Waals surface area (Å²) in [6, 6.07) is 19.9. The second-order valence-corrected chi connectivity index (χ2v) is 4.93. The summed E-state index contributed by atoms with van der Waals surface area (Å²) in [6.07, 6.45) is 1.10. The molecule has 0 spiro atoms. The van der Waals surface area contributed by atoms with Crippen molar-refractivity contribution in [3.63, 3.8) is 0 Å². The van der Waals surface area contributed by atoms with Gasteiger partial charge in [0.15, 0.2) is 0 Å². The summed E-state index contributed by atoms with van der Waals surface area (Å²) < 4.78 is 0. The van der Waals surface area contributed by atoms with Crippen LogP contribution in [0.1, 0.15) is 24.9 Å². The maximum atomic E-state index is 3.63. The highest BCUT2D eigenvalue weighted by atomic mass is 15.0. The molecule has 18 heavy (non-hydrogen) atoms. The van der Waals surface area contributed by atoms with Crippen LogP contribution in [0.5, 0.6) is 0 Å². The maximum absolute atomic E-state index is 3.63. The maximum Gasteiger partial charge on any atom is 0.0553 e. The van der Waals surface area contributed by atoms with E-state index in [1.54, 1.807) is 0 Å². The summed E-state index contributed by atoms with van der Waals surface area (Å²) in [7, 11) is 0. The monoisotopic (exact) mass is 238 g/mol. The number of hydrogen-bond acceptors (Lipinski definition) is 2. The summed E-state index contributed by atoms with van der Waals surface area (Å²) in [4.78, 5) is 0. The van der Waals surface area contributed by atoms with Gasteiger partial charge in [-0.05, 0) is 37.1 Å². The first-order valence-corrected chi connectivity index (χ1v) is 6.50. The SMILES string of the molecule is C[C@@H]1C[C@@H](Nc2ccccc2)c2ccccc2N1. The van der Waals surface area contributed by atoms with Gasteiger partial charge in [-0.3, -0.25) is 0 Å². The van der Waals surface area contributed by atoms with Crippen molar-refractivity contribution in [1.29, 1.82) is 0 Å². The number of anilines is 2. The average molecular weight is 238 g/mol. The van der Waals surface area contributed by atoms with Gasteiger partial charge >= 0.3 is 0 Å². The van der Waals surface area contributed by atoms with E-state index in [4.69, 9.17) is 0 Å².